The van der Waals surface area contributed by atoms with E-state index in [1.165, 1.54) is 6.92 Å². The Bertz CT molecular complexity index is 1260. The molecule has 0 spiro atoms. The second kappa shape index (κ2) is 8.24. The first-order valence-corrected chi connectivity index (χ1v) is 8.63. The molecule has 10 nitrogen and oxygen atoms in total. The molecule has 0 aliphatic rings. The van der Waals surface area contributed by atoms with E-state index in [1.54, 1.807) is 30.3 Å². The number of hydrogen-bond donors (Lipinski definition) is 2. The molecule has 150 valence electrons. The molecule has 0 amide bonds. The Hall–Kier alpha value is -4.52. The molecule has 0 aliphatic carbocycles. The molecule has 30 heavy (non-hydrogen) atoms. The highest BCUT2D eigenvalue weighted by Crippen LogP contribution is 2.33. The van der Waals surface area contributed by atoms with Gasteiger partial charge in [-0.2, -0.15) is 5.26 Å². The van der Waals surface area contributed by atoms with Crippen molar-refractivity contribution in [2.45, 2.75) is 13.5 Å². The summed E-state index contributed by atoms with van der Waals surface area (Å²) in [7, 11) is 0. The fourth-order valence-electron chi connectivity index (χ4n) is 2.78. The minimum absolute atomic E-state index is 0.00888. The number of aromatic hydroxyl groups is 2. The highest BCUT2D eigenvalue weighted by atomic mass is 16.6. The van der Waals surface area contributed by atoms with Crippen LogP contribution in [0.2, 0.25) is 0 Å². The fourth-order valence-corrected chi connectivity index (χ4v) is 2.78. The number of aromatic nitrogens is 1. The molecule has 0 fully saturated rings. The molecule has 0 saturated carbocycles. The first-order valence-electron chi connectivity index (χ1n) is 8.63. The lowest BCUT2D eigenvalue weighted by atomic mass is 10.1. The van der Waals surface area contributed by atoms with E-state index in [0.717, 1.165) is 22.8 Å². The number of phenolic OH excluding ortho intramolecular Hbond substituents is 1. The second-order valence-corrected chi connectivity index (χ2v) is 6.29. The molecule has 1 aromatic heterocycles. The number of azo groups is 1. The van der Waals surface area contributed by atoms with Crippen molar-refractivity contribution < 1.29 is 15.1 Å². The monoisotopic (exact) mass is 405 g/mol. The molecule has 1 heterocycles. The molecule has 0 bridgehead atoms. The number of non-ortho nitro benzene ring substituents is 1. The molecule has 2 N–H and O–H groups in total. The number of pyridine rings is 1. The van der Waals surface area contributed by atoms with E-state index in [4.69, 9.17) is 0 Å². The van der Waals surface area contributed by atoms with E-state index < -0.39 is 16.4 Å². The van der Waals surface area contributed by atoms with Gasteiger partial charge >= 0.3 is 0 Å². The van der Waals surface area contributed by atoms with Crippen LogP contribution >= 0.6 is 0 Å². The van der Waals surface area contributed by atoms with E-state index in [0.29, 0.717) is 5.56 Å². The number of hydrogen-bond acceptors (Lipinski definition) is 8. The SMILES string of the molecule is Cc1c(C#N)c(O)n(Cc2ccccc2)c(=O)c1N=Nc1cc([N+](=O)[O-])ccc1O. The number of nitro benzene ring substituents is 1. The summed E-state index contributed by atoms with van der Waals surface area (Å²) < 4.78 is 0.989. The average Bonchev–Trinajstić information content (AvgIpc) is 2.73. The minimum atomic E-state index is -0.707. The number of nitriles is 1. The van der Waals surface area contributed by atoms with E-state index in [1.807, 2.05) is 6.07 Å². The van der Waals surface area contributed by atoms with Gasteiger partial charge in [-0.25, -0.2) is 0 Å². The number of phenols is 1. The van der Waals surface area contributed by atoms with Gasteiger partial charge in [-0.15, -0.1) is 10.2 Å². The lowest BCUT2D eigenvalue weighted by Gasteiger charge is -2.13. The van der Waals surface area contributed by atoms with Crippen LogP contribution in [0, 0.1) is 28.4 Å². The summed E-state index contributed by atoms with van der Waals surface area (Å²) in [5, 5.41) is 48.2. The lowest BCUT2D eigenvalue weighted by molar-refractivity contribution is -0.384. The summed E-state index contributed by atoms with van der Waals surface area (Å²) in [5.74, 6) is -0.869. The van der Waals surface area contributed by atoms with Crippen molar-refractivity contribution in [3.05, 3.63) is 85.7 Å². The Morgan fingerprint density at radius 2 is 1.87 bits per heavy atom. The van der Waals surface area contributed by atoms with Crippen LogP contribution < -0.4 is 5.56 Å². The Morgan fingerprint density at radius 1 is 1.17 bits per heavy atom. The van der Waals surface area contributed by atoms with Gasteiger partial charge in [-0.05, 0) is 18.6 Å². The van der Waals surface area contributed by atoms with Crippen molar-refractivity contribution >= 4 is 17.1 Å². The van der Waals surface area contributed by atoms with Crippen molar-refractivity contribution in [1.29, 1.82) is 5.26 Å². The van der Waals surface area contributed by atoms with Gasteiger partial charge in [0.15, 0.2) is 5.69 Å². The van der Waals surface area contributed by atoms with Crippen molar-refractivity contribution in [2.75, 3.05) is 0 Å². The minimum Gasteiger partial charge on any atom is -0.506 e. The highest BCUT2D eigenvalue weighted by Gasteiger charge is 2.20. The van der Waals surface area contributed by atoms with Crippen LogP contribution in [0.3, 0.4) is 0 Å². The topological polar surface area (TPSA) is 154 Å². The van der Waals surface area contributed by atoms with Crippen molar-refractivity contribution in [1.82, 2.24) is 4.57 Å². The molecule has 0 saturated heterocycles. The predicted molar refractivity (Wildman–Crippen MR) is 106 cm³/mol. The second-order valence-electron chi connectivity index (χ2n) is 6.29. The molecule has 3 rings (SSSR count). The third-order valence-electron chi connectivity index (χ3n) is 4.38. The molecule has 0 unspecified atom stereocenters. The summed E-state index contributed by atoms with van der Waals surface area (Å²) in [5.41, 5.74) is -0.817. The maximum atomic E-state index is 12.9. The highest BCUT2D eigenvalue weighted by molar-refractivity contribution is 5.59. The number of benzene rings is 2. The van der Waals surface area contributed by atoms with Crippen LogP contribution in [0.5, 0.6) is 11.6 Å². The summed E-state index contributed by atoms with van der Waals surface area (Å²) in [4.78, 5) is 23.2. The number of nitro groups is 1. The van der Waals surface area contributed by atoms with E-state index in [-0.39, 0.29) is 40.5 Å². The first-order chi connectivity index (χ1) is 14.3. The van der Waals surface area contributed by atoms with Crippen molar-refractivity contribution in [2.24, 2.45) is 10.2 Å². The fraction of sp³-hybridized carbons (Fsp3) is 0.100. The van der Waals surface area contributed by atoms with Gasteiger partial charge in [0.1, 0.15) is 23.1 Å². The van der Waals surface area contributed by atoms with Crippen LogP contribution in [0.1, 0.15) is 16.7 Å². The van der Waals surface area contributed by atoms with E-state index >= 15 is 0 Å². The molecule has 0 radical (unpaired) electrons. The molecule has 3 aromatic rings. The summed E-state index contributed by atoms with van der Waals surface area (Å²) in [6, 6.07) is 13.9. The zero-order chi connectivity index (χ0) is 21.8. The molecule has 0 atom stereocenters. The Labute approximate surface area is 169 Å². The van der Waals surface area contributed by atoms with Crippen molar-refractivity contribution in [3.8, 4) is 17.7 Å². The maximum Gasteiger partial charge on any atom is 0.281 e. The zero-order valence-electron chi connectivity index (χ0n) is 15.7. The smallest absolute Gasteiger partial charge is 0.281 e. The van der Waals surface area contributed by atoms with Gasteiger partial charge in [0.25, 0.3) is 11.2 Å². The van der Waals surface area contributed by atoms with Crippen molar-refractivity contribution in [3.63, 3.8) is 0 Å². The molecule has 0 aliphatic heterocycles. The Morgan fingerprint density at radius 3 is 2.50 bits per heavy atom. The number of nitrogens with zero attached hydrogens (tertiary/aromatic N) is 5. The third-order valence-corrected chi connectivity index (χ3v) is 4.38. The van der Waals surface area contributed by atoms with Gasteiger partial charge < -0.3 is 10.2 Å². The lowest BCUT2D eigenvalue weighted by Crippen LogP contribution is -2.22. The predicted octanol–water partition coefficient (Wildman–Crippen LogP) is 3.81. The van der Waals surface area contributed by atoms with Crippen LogP contribution in [0.4, 0.5) is 17.1 Å². The van der Waals surface area contributed by atoms with Crippen LogP contribution in [0.15, 0.2) is 63.6 Å². The van der Waals surface area contributed by atoms with Crippen LogP contribution in [0.25, 0.3) is 0 Å². The van der Waals surface area contributed by atoms with Gasteiger partial charge in [-0.1, -0.05) is 30.3 Å². The molecular weight excluding hydrogens is 390 g/mol. The average molecular weight is 405 g/mol. The maximum absolute atomic E-state index is 12.9. The molecular formula is C20H15N5O5. The largest absolute Gasteiger partial charge is 0.506 e. The van der Waals surface area contributed by atoms with Gasteiger partial charge in [-0.3, -0.25) is 19.5 Å². The van der Waals surface area contributed by atoms with E-state index in [2.05, 4.69) is 10.2 Å². The summed E-state index contributed by atoms with van der Waals surface area (Å²) >= 11 is 0. The Kier molecular flexibility index (Phi) is 5.55. The summed E-state index contributed by atoms with van der Waals surface area (Å²) in [6.45, 7) is 1.42. The number of rotatable bonds is 5. The summed E-state index contributed by atoms with van der Waals surface area (Å²) in [6.07, 6.45) is 0. The van der Waals surface area contributed by atoms with Crippen LogP contribution in [-0.2, 0) is 6.54 Å². The van der Waals surface area contributed by atoms with Crippen LogP contribution in [-0.4, -0.2) is 19.7 Å². The molecule has 2 aromatic carbocycles. The normalized spacial score (nSPS) is 10.8. The van der Waals surface area contributed by atoms with Gasteiger partial charge in [0.05, 0.1) is 11.5 Å². The van der Waals surface area contributed by atoms with Gasteiger partial charge in [0, 0.05) is 17.7 Å². The zero-order valence-corrected chi connectivity index (χ0v) is 15.7. The third kappa shape index (κ3) is 3.85. The Balaban J connectivity index is 2.14. The quantitative estimate of drug-likeness (QED) is 0.374. The van der Waals surface area contributed by atoms with E-state index in [9.17, 15) is 30.4 Å². The molecule has 10 heteroatoms. The van der Waals surface area contributed by atoms with Gasteiger partial charge in [0.2, 0.25) is 5.88 Å². The standard InChI is InChI=1S/C20H15N5O5/c1-12-15(10-21)19(27)24(11-13-5-3-2-4-6-13)20(28)18(12)23-22-16-9-14(25(29)30)7-8-17(16)26/h2-9,26-27H,11H2,1H3. The first kappa shape index (κ1) is 20.2.